The Morgan fingerprint density at radius 1 is 1.46 bits per heavy atom. The van der Waals surface area contributed by atoms with Crippen molar-refractivity contribution in [2.75, 3.05) is 0 Å². The van der Waals surface area contributed by atoms with Crippen LogP contribution in [0.15, 0.2) is 29.2 Å². The van der Waals surface area contributed by atoms with E-state index in [1.54, 1.807) is 18.3 Å². The summed E-state index contributed by atoms with van der Waals surface area (Å²) >= 11 is 0. The van der Waals surface area contributed by atoms with Gasteiger partial charge in [0.25, 0.3) is 5.56 Å². The molecule has 0 atom stereocenters. The third-order valence-corrected chi connectivity index (χ3v) is 1.77. The highest BCUT2D eigenvalue weighted by molar-refractivity contribution is 5.83. The Balaban J connectivity index is 2.89. The fourth-order valence-corrected chi connectivity index (χ4v) is 1.14. The minimum atomic E-state index is -0.402. The molecule has 2 aromatic rings. The molecular weight excluding hydrogens is 168 g/mol. The van der Waals surface area contributed by atoms with Crippen molar-refractivity contribution in [2.24, 2.45) is 0 Å². The lowest BCUT2D eigenvalue weighted by atomic mass is 10.2. The zero-order valence-electron chi connectivity index (χ0n) is 6.65. The van der Waals surface area contributed by atoms with Gasteiger partial charge in [0.1, 0.15) is 5.65 Å². The van der Waals surface area contributed by atoms with Crippen LogP contribution in [0, 0.1) is 0 Å². The topological polar surface area (TPSA) is 62.8 Å². The van der Waals surface area contributed by atoms with E-state index in [1.807, 2.05) is 0 Å². The summed E-state index contributed by atoms with van der Waals surface area (Å²) in [5.41, 5.74) is 0.222. The summed E-state index contributed by atoms with van der Waals surface area (Å²) in [6, 6.07) is 5.05. The van der Waals surface area contributed by atoms with Crippen LogP contribution in [-0.4, -0.2) is 16.3 Å². The van der Waals surface area contributed by atoms with Gasteiger partial charge in [-0.25, -0.2) is 4.98 Å². The fraction of sp³-hybridized carbons (Fsp3) is 0. The first-order valence-corrected chi connectivity index (χ1v) is 3.74. The molecule has 0 unspecified atom stereocenters. The molecule has 0 aliphatic heterocycles. The summed E-state index contributed by atoms with van der Waals surface area (Å²) in [6.45, 7) is 0. The quantitative estimate of drug-likeness (QED) is 0.648. The third-order valence-electron chi connectivity index (χ3n) is 1.77. The maximum atomic E-state index is 11.1. The number of rotatable bonds is 1. The van der Waals surface area contributed by atoms with Crippen molar-refractivity contribution < 1.29 is 4.79 Å². The lowest BCUT2D eigenvalue weighted by molar-refractivity contribution is 0.112. The van der Waals surface area contributed by atoms with Crippen LogP contribution in [-0.2, 0) is 0 Å². The van der Waals surface area contributed by atoms with Crippen LogP contribution in [0.2, 0.25) is 0 Å². The molecular formula is C9H6N2O2. The predicted octanol–water partition coefficient (Wildman–Crippen LogP) is 0.736. The Labute approximate surface area is 73.2 Å². The second-order valence-corrected chi connectivity index (χ2v) is 2.61. The van der Waals surface area contributed by atoms with Crippen LogP contribution in [0.4, 0.5) is 0 Å². The largest absolute Gasteiger partial charge is 0.306 e. The van der Waals surface area contributed by atoms with Crippen LogP contribution >= 0.6 is 0 Å². The SMILES string of the molecule is O=Cc1cc2cccnc2[nH]c1=O. The molecule has 0 bridgehead atoms. The normalized spacial score (nSPS) is 10.2. The molecule has 0 aliphatic carbocycles. The molecule has 0 spiro atoms. The van der Waals surface area contributed by atoms with Crippen LogP contribution < -0.4 is 5.56 Å². The van der Waals surface area contributed by atoms with E-state index in [0.717, 1.165) is 5.39 Å². The summed E-state index contributed by atoms with van der Waals surface area (Å²) in [7, 11) is 0. The molecule has 0 aromatic carbocycles. The highest BCUT2D eigenvalue weighted by Crippen LogP contribution is 2.05. The molecule has 4 heteroatoms. The second kappa shape index (κ2) is 2.82. The van der Waals surface area contributed by atoms with Gasteiger partial charge < -0.3 is 4.98 Å². The van der Waals surface area contributed by atoms with Gasteiger partial charge in [-0.3, -0.25) is 9.59 Å². The fourth-order valence-electron chi connectivity index (χ4n) is 1.14. The first-order valence-electron chi connectivity index (χ1n) is 3.74. The Kier molecular flexibility index (Phi) is 1.66. The van der Waals surface area contributed by atoms with Gasteiger partial charge in [-0.1, -0.05) is 0 Å². The van der Waals surface area contributed by atoms with Crippen molar-refractivity contribution in [3.05, 3.63) is 40.3 Å². The van der Waals surface area contributed by atoms with E-state index in [2.05, 4.69) is 9.97 Å². The molecule has 1 N–H and O–H groups in total. The van der Waals surface area contributed by atoms with E-state index in [1.165, 1.54) is 6.07 Å². The molecule has 0 radical (unpaired) electrons. The predicted molar refractivity (Wildman–Crippen MR) is 47.8 cm³/mol. The minimum Gasteiger partial charge on any atom is -0.306 e. The van der Waals surface area contributed by atoms with E-state index in [0.29, 0.717) is 11.9 Å². The van der Waals surface area contributed by atoms with Gasteiger partial charge in [0.05, 0.1) is 5.56 Å². The summed E-state index contributed by atoms with van der Waals surface area (Å²) < 4.78 is 0. The van der Waals surface area contributed by atoms with Crippen molar-refractivity contribution in [2.45, 2.75) is 0 Å². The Hall–Kier alpha value is -1.97. The van der Waals surface area contributed by atoms with Gasteiger partial charge in [0.15, 0.2) is 6.29 Å². The number of fused-ring (bicyclic) bond motifs is 1. The lowest BCUT2D eigenvalue weighted by Crippen LogP contribution is -2.11. The zero-order chi connectivity index (χ0) is 9.26. The summed E-state index contributed by atoms with van der Waals surface area (Å²) in [4.78, 5) is 28.0. The molecule has 4 nitrogen and oxygen atoms in total. The zero-order valence-corrected chi connectivity index (χ0v) is 6.65. The number of pyridine rings is 2. The van der Waals surface area contributed by atoms with Gasteiger partial charge in [-0.05, 0) is 18.2 Å². The van der Waals surface area contributed by atoms with E-state index < -0.39 is 5.56 Å². The molecule has 0 saturated heterocycles. The second-order valence-electron chi connectivity index (χ2n) is 2.61. The van der Waals surface area contributed by atoms with Crippen LogP contribution in [0.5, 0.6) is 0 Å². The maximum absolute atomic E-state index is 11.1. The van der Waals surface area contributed by atoms with Gasteiger partial charge in [0, 0.05) is 11.6 Å². The number of carbonyl (C=O) groups excluding carboxylic acids is 1. The number of aldehydes is 1. The average Bonchev–Trinajstić information content (AvgIpc) is 2.17. The number of nitrogens with zero attached hydrogens (tertiary/aromatic N) is 1. The Morgan fingerprint density at radius 3 is 3.08 bits per heavy atom. The molecule has 0 aliphatic rings. The summed E-state index contributed by atoms with van der Waals surface area (Å²) in [5, 5.41) is 0.754. The Bertz CT molecular complexity index is 516. The van der Waals surface area contributed by atoms with Crippen LogP contribution in [0.3, 0.4) is 0 Å². The number of carbonyl (C=O) groups is 1. The van der Waals surface area contributed by atoms with Gasteiger partial charge in [-0.2, -0.15) is 0 Å². The molecule has 2 aromatic heterocycles. The van der Waals surface area contributed by atoms with Crippen LogP contribution in [0.1, 0.15) is 10.4 Å². The van der Waals surface area contributed by atoms with Crippen molar-refractivity contribution in [3.8, 4) is 0 Å². The van der Waals surface area contributed by atoms with E-state index >= 15 is 0 Å². The molecule has 64 valence electrons. The van der Waals surface area contributed by atoms with Gasteiger partial charge >= 0.3 is 0 Å². The van der Waals surface area contributed by atoms with Gasteiger partial charge in [-0.15, -0.1) is 0 Å². The molecule has 0 fully saturated rings. The number of aromatic amines is 1. The highest BCUT2D eigenvalue weighted by atomic mass is 16.1. The number of hydrogen-bond acceptors (Lipinski definition) is 3. The standard InChI is InChI=1S/C9H6N2O2/c12-5-7-4-6-2-1-3-10-8(6)11-9(7)13/h1-5H,(H,10,11,13). The van der Waals surface area contributed by atoms with Crippen molar-refractivity contribution in [3.63, 3.8) is 0 Å². The van der Waals surface area contributed by atoms with Crippen LogP contribution in [0.25, 0.3) is 11.0 Å². The molecule has 0 amide bonds. The number of hydrogen-bond donors (Lipinski definition) is 1. The van der Waals surface area contributed by atoms with Gasteiger partial charge in [0.2, 0.25) is 0 Å². The van der Waals surface area contributed by atoms with Crippen molar-refractivity contribution in [1.29, 1.82) is 0 Å². The van der Waals surface area contributed by atoms with E-state index in [4.69, 9.17) is 0 Å². The Morgan fingerprint density at radius 2 is 2.31 bits per heavy atom. The van der Waals surface area contributed by atoms with E-state index in [-0.39, 0.29) is 5.56 Å². The first kappa shape index (κ1) is 7.67. The molecule has 2 rings (SSSR count). The van der Waals surface area contributed by atoms with Crippen molar-refractivity contribution in [1.82, 2.24) is 9.97 Å². The van der Waals surface area contributed by atoms with Crippen molar-refractivity contribution >= 4 is 17.3 Å². The van der Waals surface area contributed by atoms with E-state index in [9.17, 15) is 9.59 Å². The summed E-state index contributed by atoms with van der Waals surface area (Å²) in [5.74, 6) is 0. The monoisotopic (exact) mass is 174 g/mol. The summed E-state index contributed by atoms with van der Waals surface area (Å²) in [6.07, 6.45) is 2.12. The number of aromatic nitrogens is 2. The number of H-pyrrole nitrogens is 1. The first-order chi connectivity index (χ1) is 6.31. The lowest BCUT2D eigenvalue weighted by Gasteiger charge is -1.95. The molecule has 2 heterocycles. The number of nitrogens with one attached hydrogen (secondary N) is 1. The minimum absolute atomic E-state index is 0.125. The third kappa shape index (κ3) is 1.22. The average molecular weight is 174 g/mol. The smallest absolute Gasteiger partial charge is 0.260 e. The maximum Gasteiger partial charge on any atom is 0.260 e. The molecule has 0 saturated carbocycles. The highest BCUT2D eigenvalue weighted by Gasteiger charge is 2.00. The molecule has 13 heavy (non-hydrogen) atoms.